The van der Waals surface area contributed by atoms with Crippen LogP contribution in [0.1, 0.15) is 0 Å². The molecule has 19 heavy (non-hydrogen) atoms. The molecule has 1 heterocycles. The van der Waals surface area contributed by atoms with E-state index >= 15 is 0 Å². The van der Waals surface area contributed by atoms with Crippen LogP contribution in [0.15, 0.2) is 30.6 Å². The lowest BCUT2D eigenvalue weighted by Crippen LogP contribution is -2.16. The summed E-state index contributed by atoms with van der Waals surface area (Å²) >= 11 is 0. The number of amides is 1. The fraction of sp³-hybridized carbons (Fsp3) is 0.0909. The largest absolute Gasteiger partial charge is 0.410 e. The van der Waals surface area contributed by atoms with E-state index < -0.39 is 11.0 Å². The summed E-state index contributed by atoms with van der Waals surface area (Å²) < 4.78 is 6.16. The van der Waals surface area contributed by atoms with Crippen molar-refractivity contribution in [2.45, 2.75) is 0 Å². The molecule has 2 N–H and O–H groups in total. The summed E-state index contributed by atoms with van der Waals surface area (Å²) in [5, 5.41) is 14.9. The van der Waals surface area contributed by atoms with Crippen molar-refractivity contribution in [2.75, 3.05) is 0 Å². The number of nitrogens with two attached hydrogens (primary N) is 1. The van der Waals surface area contributed by atoms with Gasteiger partial charge in [0.2, 0.25) is 5.75 Å². The van der Waals surface area contributed by atoms with E-state index in [0.717, 1.165) is 5.56 Å². The normalized spacial score (nSPS) is 10.2. The second-order valence-electron chi connectivity index (χ2n) is 3.76. The summed E-state index contributed by atoms with van der Waals surface area (Å²) in [6.07, 6.45) is 2.19. The topological polar surface area (TPSA) is 113 Å². The first-order chi connectivity index (χ1) is 8.97. The highest BCUT2D eigenvalue weighted by molar-refractivity contribution is 5.73. The summed E-state index contributed by atoms with van der Waals surface area (Å²) in [5.74, 6) is -0.190. The first-order valence-corrected chi connectivity index (χ1v) is 5.22. The first-order valence-electron chi connectivity index (χ1n) is 5.22. The number of nitrogens with zero attached hydrogens (tertiary/aromatic N) is 3. The van der Waals surface area contributed by atoms with Crippen molar-refractivity contribution in [2.24, 2.45) is 12.8 Å². The Morgan fingerprint density at radius 3 is 2.74 bits per heavy atom. The van der Waals surface area contributed by atoms with Gasteiger partial charge in [0.15, 0.2) is 0 Å². The number of benzene rings is 1. The van der Waals surface area contributed by atoms with Gasteiger partial charge in [0.25, 0.3) is 0 Å². The second kappa shape index (κ2) is 4.77. The van der Waals surface area contributed by atoms with Crippen molar-refractivity contribution in [3.05, 3.63) is 40.7 Å². The van der Waals surface area contributed by atoms with E-state index in [9.17, 15) is 14.9 Å². The molecule has 2 rings (SSSR count). The van der Waals surface area contributed by atoms with Gasteiger partial charge in [0, 0.05) is 24.9 Å². The molecule has 0 radical (unpaired) electrons. The van der Waals surface area contributed by atoms with E-state index in [1.165, 1.54) is 12.1 Å². The average Bonchev–Trinajstić information content (AvgIpc) is 2.75. The van der Waals surface area contributed by atoms with Crippen LogP contribution in [0.4, 0.5) is 10.5 Å². The molecular weight excluding hydrogens is 252 g/mol. The monoisotopic (exact) mass is 262 g/mol. The number of aryl methyl sites for hydroxylation is 1. The Kier molecular flexibility index (Phi) is 3.15. The van der Waals surface area contributed by atoms with E-state index in [0.29, 0.717) is 5.56 Å². The SMILES string of the molecule is Cn1cc(-c2ccc(OC(N)=O)c([N+](=O)[O-])c2)cn1. The number of nitro groups is 1. The zero-order valence-corrected chi connectivity index (χ0v) is 9.94. The number of rotatable bonds is 3. The van der Waals surface area contributed by atoms with Crippen LogP contribution >= 0.6 is 0 Å². The Balaban J connectivity index is 2.47. The number of hydrogen-bond acceptors (Lipinski definition) is 5. The molecule has 0 aliphatic rings. The number of primary amides is 1. The molecule has 0 saturated carbocycles. The van der Waals surface area contributed by atoms with Crippen LogP contribution in [0.2, 0.25) is 0 Å². The van der Waals surface area contributed by atoms with Gasteiger partial charge in [-0.3, -0.25) is 14.8 Å². The number of carbonyl (C=O) groups excluding carboxylic acids is 1. The number of aromatic nitrogens is 2. The predicted octanol–water partition coefficient (Wildman–Crippen LogP) is 1.45. The zero-order valence-electron chi connectivity index (χ0n) is 9.94. The lowest BCUT2D eigenvalue weighted by molar-refractivity contribution is -0.385. The van der Waals surface area contributed by atoms with Crippen molar-refractivity contribution >= 4 is 11.8 Å². The van der Waals surface area contributed by atoms with Crippen molar-refractivity contribution in [3.63, 3.8) is 0 Å². The van der Waals surface area contributed by atoms with Crippen LogP contribution in [0.5, 0.6) is 5.75 Å². The predicted molar refractivity (Wildman–Crippen MR) is 65.5 cm³/mol. The van der Waals surface area contributed by atoms with Gasteiger partial charge in [-0.15, -0.1) is 0 Å². The molecule has 0 spiro atoms. The minimum Gasteiger partial charge on any atom is -0.403 e. The number of hydrogen-bond donors (Lipinski definition) is 1. The maximum absolute atomic E-state index is 10.9. The van der Waals surface area contributed by atoms with E-state index in [2.05, 4.69) is 9.84 Å². The Morgan fingerprint density at radius 2 is 2.21 bits per heavy atom. The van der Waals surface area contributed by atoms with Crippen LogP contribution < -0.4 is 10.5 Å². The smallest absolute Gasteiger partial charge is 0.403 e. The minimum absolute atomic E-state index is 0.190. The van der Waals surface area contributed by atoms with E-state index in [1.54, 1.807) is 30.2 Å². The molecule has 0 atom stereocenters. The van der Waals surface area contributed by atoms with Gasteiger partial charge in [-0.1, -0.05) is 6.07 Å². The van der Waals surface area contributed by atoms with Crippen molar-refractivity contribution < 1.29 is 14.5 Å². The van der Waals surface area contributed by atoms with Crippen molar-refractivity contribution in [3.8, 4) is 16.9 Å². The molecule has 0 aliphatic heterocycles. The quantitative estimate of drug-likeness (QED) is 0.664. The molecule has 0 aliphatic carbocycles. The van der Waals surface area contributed by atoms with E-state index in [-0.39, 0.29) is 11.4 Å². The van der Waals surface area contributed by atoms with Gasteiger partial charge < -0.3 is 10.5 Å². The molecule has 0 bridgehead atoms. The Bertz CT molecular complexity index is 650. The summed E-state index contributed by atoms with van der Waals surface area (Å²) in [6.45, 7) is 0. The lowest BCUT2D eigenvalue weighted by atomic mass is 10.1. The molecule has 1 amide bonds. The molecule has 0 unspecified atom stereocenters. The third-order valence-corrected chi connectivity index (χ3v) is 2.40. The fourth-order valence-electron chi connectivity index (χ4n) is 1.60. The van der Waals surface area contributed by atoms with Gasteiger partial charge in [-0.25, -0.2) is 4.79 Å². The summed E-state index contributed by atoms with van der Waals surface area (Å²) in [5.41, 5.74) is 5.83. The Labute approximate surface area is 107 Å². The molecule has 1 aromatic carbocycles. The summed E-state index contributed by atoms with van der Waals surface area (Å²) in [6, 6.07) is 4.21. The van der Waals surface area contributed by atoms with Crippen LogP contribution in [0, 0.1) is 10.1 Å². The highest BCUT2D eigenvalue weighted by Crippen LogP contribution is 2.32. The molecule has 98 valence electrons. The maximum atomic E-state index is 10.9. The highest BCUT2D eigenvalue weighted by Gasteiger charge is 2.18. The number of nitro benzene ring substituents is 1. The third kappa shape index (κ3) is 2.68. The van der Waals surface area contributed by atoms with Gasteiger partial charge >= 0.3 is 11.8 Å². The van der Waals surface area contributed by atoms with Crippen molar-refractivity contribution in [1.29, 1.82) is 0 Å². The molecule has 0 saturated heterocycles. The highest BCUT2D eigenvalue weighted by atomic mass is 16.6. The fourth-order valence-corrected chi connectivity index (χ4v) is 1.60. The third-order valence-electron chi connectivity index (χ3n) is 2.40. The first kappa shape index (κ1) is 12.6. The molecule has 0 fully saturated rings. The van der Waals surface area contributed by atoms with Gasteiger partial charge in [0.1, 0.15) is 0 Å². The second-order valence-corrected chi connectivity index (χ2v) is 3.76. The van der Waals surface area contributed by atoms with Crippen LogP contribution in [-0.4, -0.2) is 20.8 Å². The molecule has 8 nitrogen and oxygen atoms in total. The Hall–Kier alpha value is -2.90. The summed E-state index contributed by atoms with van der Waals surface area (Å²) in [7, 11) is 1.74. The molecule has 1 aromatic heterocycles. The van der Waals surface area contributed by atoms with Gasteiger partial charge in [-0.05, 0) is 11.6 Å². The minimum atomic E-state index is -1.10. The van der Waals surface area contributed by atoms with Crippen LogP contribution in [-0.2, 0) is 7.05 Å². The van der Waals surface area contributed by atoms with Crippen LogP contribution in [0.3, 0.4) is 0 Å². The number of carbonyl (C=O) groups is 1. The lowest BCUT2D eigenvalue weighted by Gasteiger charge is -2.04. The Morgan fingerprint density at radius 1 is 1.47 bits per heavy atom. The van der Waals surface area contributed by atoms with E-state index in [1.807, 2.05) is 0 Å². The standard InChI is InChI=1S/C11H10N4O4/c1-14-6-8(5-13-14)7-2-3-10(19-11(12)16)9(4-7)15(17)18/h2-6H,1H3,(H2,12,16). The van der Waals surface area contributed by atoms with Gasteiger partial charge in [-0.2, -0.15) is 5.10 Å². The zero-order chi connectivity index (χ0) is 14.0. The maximum Gasteiger partial charge on any atom is 0.410 e. The molecule has 8 heteroatoms. The van der Waals surface area contributed by atoms with Crippen molar-refractivity contribution in [1.82, 2.24) is 9.78 Å². The van der Waals surface area contributed by atoms with Gasteiger partial charge in [0.05, 0.1) is 11.1 Å². The van der Waals surface area contributed by atoms with E-state index in [4.69, 9.17) is 5.73 Å². The number of ether oxygens (including phenoxy) is 1. The average molecular weight is 262 g/mol. The van der Waals surface area contributed by atoms with Crippen LogP contribution in [0.25, 0.3) is 11.1 Å². The molecule has 2 aromatic rings. The molecular formula is C11H10N4O4. The summed E-state index contributed by atoms with van der Waals surface area (Å²) in [4.78, 5) is 21.0.